The van der Waals surface area contributed by atoms with Crippen molar-refractivity contribution in [2.24, 2.45) is 0 Å². The summed E-state index contributed by atoms with van der Waals surface area (Å²) in [5.74, 6) is 1.65. The lowest BCUT2D eigenvalue weighted by atomic mass is 9.97. The van der Waals surface area contributed by atoms with Gasteiger partial charge in [0.15, 0.2) is 5.82 Å². The zero-order chi connectivity index (χ0) is 18.6. The van der Waals surface area contributed by atoms with Crippen LogP contribution in [0.1, 0.15) is 40.2 Å². The Hall–Kier alpha value is -2.67. The molecule has 6 nitrogen and oxygen atoms in total. The highest BCUT2D eigenvalue weighted by atomic mass is 32.1. The van der Waals surface area contributed by atoms with Crippen LogP contribution in [0.15, 0.2) is 47.0 Å². The van der Waals surface area contributed by atoms with Crippen LogP contribution < -0.4 is 5.32 Å². The molecular weight excluding hydrogens is 360 g/mol. The molecule has 1 N–H and O–H groups in total. The lowest BCUT2D eigenvalue weighted by molar-refractivity contribution is 0.187. The normalized spacial score (nSPS) is 15.1. The van der Waals surface area contributed by atoms with Crippen LogP contribution >= 0.6 is 11.3 Å². The van der Waals surface area contributed by atoms with Gasteiger partial charge in [-0.25, -0.2) is 4.79 Å². The molecule has 3 aromatic rings. The van der Waals surface area contributed by atoms with Crippen LogP contribution in [0.4, 0.5) is 10.5 Å². The maximum Gasteiger partial charge on any atom is 0.321 e. The van der Waals surface area contributed by atoms with Crippen molar-refractivity contribution >= 4 is 23.1 Å². The highest BCUT2D eigenvalue weighted by molar-refractivity contribution is 7.11. The van der Waals surface area contributed by atoms with Gasteiger partial charge in [0.1, 0.15) is 0 Å². The average molecular weight is 382 g/mol. The number of amides is 2. The number of rotatable bonds is 4. The number of carbonyl (C=O) groups excluding carboxylic acids is 1. The van der Waals surface area contributed by atoms with Crippen LogP contribution in [-0.4, -0.2) is 34.2 Å². The number of urea groups is 1. The predicted molar refractivity (Wildman–Crippen MR) is 105 cm³/mol. The number of aryl methyl sites for hydroxylation is 1. The molecule has 2 amide bonds. The number of aromatic nitrogens is 2. The van der Waals surface area contributed by atoms with Crippen molar-refractivity contribution in [1.82, 2.24) is 15.0 Å². The van der Waals surface area contributed by atoms with E-state index < -0.39 is 0 Å². The maximum absolute atomic E-state index is 12.4. The highest BCUT2D eigenvalue weighted by Gasteiger charge is 2.27. The summed E-state index contributed by atoms with van der Waals surface area (Å²) in [7, 11) is 0. The zero-order valence-corrected chi connectivity index (χ0v) is 16.0. The number of anilines is 1. The number of piperidine rings is 1. The predicted octanol–water partition coefficient (Wildman–Crippen LogP) is 4.44. The van der Waals surface area contributed by atoms with Crippen molar-refractivity contribution in [1.29, 1.82) is 0 Å². The van der Waals surface area contributed by atoms with Crippen molar-refractivity contribution in [3.05, 3.63) is 63.9 Å². The first-order valence-corrected chi connectivity index (χ1v) is 9.98. The Morgan fingerprint density at radius 2 is 2.00 bits per heavy atom. The van der Waals surface area contributed by atoms with Gasteiger partial charge in [-0.2, -0.15) is 4.98 Å². The van der Waals surface area contributed by atoms with E-state index in [1.54, 1.807) is 11.3 Å². The largest absolute Gasteiger partial charge is 0.339 e. The Morgan fingerprint density at radius 3 is 2.70 bits per heavy atom. The second kappa shape index (κ2) is 7.92. The van der Waals surface area contributed by atoms with Gasteiger partial charge in [0.2, 0.25) is 5.89 Å². The van der Waals surface area contributed by atoms with Gasteiger partial charge >= 0.3 is 6.03 Å². The third kappa shape index (κ3) is 4.36. The van der Waals surface area contributed by atoms with E-state index in [2.05, 4.69) is 34.5 Å². The van der Waals surface area contributed by atoms with E-state index in [0.717, 1.165) is 24.4 Å². The summed E-state index contributed by atoms with van der Waals surface area (Å²) in [4.78, 5) is 21.3. The molecule has 1 aromatic carbocycles. The van der Waals surface area contributed by atoms with Crippen molar-refractivity contribution < 1.29 is 9.32 Å². The van der Waals surface area contributed by atoms with Gasteiger partial charge in [0.25, 0.3) is 0 Å². The summed E-state index contributed by atoms with van der Waals surface area (Å²) in [6.45, 7) is 3.47. The van der Waals surface area contributed by atoms with Gasteiger partial charge in [-0.05, 0) is 44.0 Å². The number of nitrogens with zero attached hydrogens (tertiary/aromatic N) is 3. The molecular formula is C20H22N4O2S. The second-order valence-electron chi connectivity index (χ2n) is 6.80. The molecule has 2 aromatic heterocycles. The summed E-state index contributed by atoms with van der Waals surface area (Å²) < 4.78 is 5.50. The monoisotopic (exact) mass is 382 g/mol. The van der Waals surface area contributed by atoms with Crippen LogP contribution in [0.2, 0.25) is 0 Å². The summed E-state index contributed by atoms with van der Waals surface area (Å²) in [5, 5.41) is 7.07. The number of hydrogen-bond donors (Lipinski definition) is 1. The Bertz CT molecular complexity index is 898. The lowest BCUT2D eigenvalue weighted by Gasteiger charge is -2.30. The first-order chi connectivity index (χ1) is 13.2. The highest BCUT2D eigenvalue weighted by Crippen LogP contribution is 2.28. The van der Waals surface area contributed by atoms with E-state index in [0.29, 0.717) is 25.4 Å². The third-order valence-electron chi connectivity index (χ3n) is 4.77. The fraction of sp³-hybridized carbons (Fsp3) is 0.350. The molecule has 27 heavy (non-hydrogen) atoms. The maximum atomic E-state index is 12.4. The van der Waals surface area contributed by atoms with E-state index in [-0.39, 0.29) is 11.9 Å². The molecule has 1 saturated heterocycles. The summed E-state index contributed by atoms with van der Waals surface area (Å²) in [5.41, 5.74) is 0.815. The van der Waals surface area contributed by atoms with Gasteiger partial charge in [0, 0.05) is 40.9 Å². The lowest BCUT2D eigenvalue weighted by Crippen LogP contribution is -2.40. The molecule has 0 atom stereocenters. The van der Waals surface area contributed by atoms with Crippen molar-refractivity contribution in [3.8, 4) is 0 Å². The molecule has 140 valence electrons. The molecule has 0 radical (unpaired) electrons. The van der Waals surface area contributed by atoms with Crippen LogP contribution in [-0.2, 0) is 6.42 Å². The quantitative estimate of drug-likeness (QED) is 0.724. The van der Waals surface area contributed by atoms with Crippen molar-refractivity contribution in [2.75, 3.05) is 18.4 Å². The molecule has 1 fully saturated rings. The Balaban J connectivity index is 1.31. The summed E-state index contributed by atoms with van der Waals surface area (Å²) >= 11 is 1.76. The van der Waals surface area contributed by atoms with Gasteiger partial charge in [-0.1, -0.05) is 23.4 Å². The number of nitrogens with one attached hydrogen (secondary N) is 1. The molecule has 0 unspecified atom stereocenters. The van der Waals surface area contributed by atoms with Crippen LogP contribution in [0, 0.1) is 6.92 Å². The first-order valence-electron chi connectivity index (χ1n) is 9.16. The fourth-order valence-corrected chi connectivity index (χ4v) is 4.18. The molecule has 0 aliphatic carbocycles. The van der Waals surface area contributed by atoms with Gasteiger partial charge < -0.3 is 14.7 Å². The van der Waals surface area contributed by atoms with Crippen molar-refractivity contribution in [3.63, 3.8) is 0 Å². The molecule has 0 bridgehead atoms. The number of thiophene rings is 1. The number of carbonyl (C=O) groups is 1. The number of benzene rings is 1. The molecule has 7 heteroatoms. The average Bonchev–Trinajstić information content (AvgIpc) is 3.32. The minimum absolute atomic E-state index is 0.0565. The van der Waals surface area contributed by atoms with E-state index in [1.165, 1.54) is 9.75 Å². The standard InChI is InChI=1S/C20H22N4O2S/c1-14-7-8-17(27-14)13-18-22-19(26-23-18)15-9-11-24(12-10-15)20(25)21-16-5-3-2-4-6-16/h2-8,15H,9-13H2,1H3,(H,21,25). The number of likely N-dealkylation sites (tertiary alicyclic amines) is 1. The zero-order valence-electron chi connectivity index (χ0n) is 15.2. The van der Waals surface area contributed by atoms with E-state index >= 15 is 0 Å². The van der Waals surface area contributed by atoms with E-state index in [9.17, 15) is 4.79 Å². The van der Waals surface area contributed by atoms with E-state index in [1.807, 2.05) is 35.2 Å². The molecule has 4 rings (SSSR count). The molecule has 3 heterocycles. The molecule has 0 spiro atoms. The van der Waals surface area contributed by atoms with Crippen molar-refractivity contribution in [2.45, 2.75) is 32.1 Å². The molecule has 1 aliphatic heterocycles. The Morgan fingerprint density at radius 1 is 1.22 bits per heavy atom. The number of hydrogen-bond acceptors (Lipinski definition) is 5. The number of para-hydroxylation sites is 1. The van der Waals surface area contributed by atoms with Crippen LogP contribution in [0.25, 0.3) is 0 Å². The first kappa shape index (κ1) is 17.7. The Kier molecular flexibility index (Phi) is 5.20. The minimum Gasteiger partial charge on any atom is -0.339 e. The minimum atomic E-state index is -0.0565. The fourth-order valence-electron chi connectivity index (χ4n) is 3.29. The van der Waals surface area contributed by atoms with Gasteiger partial charge in [-0.15, -0.1) is 11.3 Å². The third-order valence-corrected chi connectivity index (χ3v) is 5.77. The van der Waals surface area contributed by atoms with Gasteiger partial charge in [-0.3, -0.25) is 0 Å². The molecule has 0 saturated carbocycles. The molecule has 1 aliphatic rings. The van der Waals surface area contributed by atoms with Gasteiger partial charge in [0.05, 0.1) is 0 Å². The Labute approximate surface area is 162 Å². The topological polar surface area (TPSA) is 71.3 Å². The summed E-state index contributed by atoms with van der Waals surface area (Å²) in [6, 6.07) is 13.7. The smallest absolute Gasteiger partial charge is 0.321 e. The second-order valence-corrected chi connectivity index (χ2v) is 8.17. The summed E-state index contributed by atoms with van der Waals surface area (Å²) in [6.07, 6.45) is 2.38. The van der Waals surface area contributed by atoms with Crippen LogP contribution in [0.5, 0.6) is 0 Å². The SMILES string of the molecule is Cc1ccc(Cc2noc(C3CCN(C(=O)Nc4ccccc4)CC3)n2)s1. The van der Waals surface area contributed by atoms with Crippen LogP contribution in [0.3, 0.4) is 0 Å². The van der Waals surface area contributed by atoms with E-state index in [4.69, 9.17) is 4.52 Å².